The molecule has 3 rings (SSSR count). The Labute approximate surface area is 119 Å². The van der Waals surface area contributed by atoms with Crippen LogP contribution in [0.1, 0.15) is 34.8 Å². The first-order chi connectivity index (χ1) is 9.79. The lowest BCUT2D eigenvalue weighted by atomic mass is 9.96. The fourth-order valence-corrected chi connectivity index (χ4v) is 2.69. The van der Waals surface area contributed by atoms with Crippen LogP contribution in [0.15, 0.2) is 36.5 Å². The highest BCUT2D eigenvalue weighted by Gasteiger charge is 2.22. The second-order valence-electron chi connectivity index (χ2n) is 5.15. The fraction of sp³-hybridized carbons (Fsp3) is 0.312. The lowest BCUT2D eigenvalue weighted by Gasteiger charge is -2.24. The number of nitrogens with zero attached hydrogens (tertiary/aromatic N) is 1. The van der Waals surface area contributed by atoms with E-state index in [0.29, 0.717) is 0 Å². The number of aromatic nitrogens is 1. The van der Waals surface area contributed by atoms with Crippen molar-refractivity contribution in [1.29, 1.82) is 0 Å². The first-order valence-corrected chi connectivity index (χ1v) is 6.93. The summed E-state index contributed by atoms with van der Waals surface area (Å²) in [6.07, 6.45) is 3.94. The Kier molecular flexibility index (Phi) is 3.67. The minimum Gasteiger partial charge on any atom is -0.493 e. The Morgan fingerprint density at radius 3 is 3.05 bits per heavy atom. The molecule has 1 aromatic heterocycles. The second kappa shape index (κ2) is 5.61. The number of fused-ring (bicyclic) bond motifs is 1. The van der Waals surface area contributed by atoms with E-state index in [-0.39, 0.29) is 6.04 Å². The second-order valence-corrected chi connectivity index (χ2v) is 5.15. The number of rotatable bonds is 3. The van der Waals surface area contributed by atoms with E-state index in [0.717, 1.165) is 36.5 Å². The van der Waals surface area contributed by atoms with Crippen LogP contribution in [0.25, 0.3) is 0 Å². The molecule has 1 atom stereocenters. The van der Waals surface area contributed by atoms with Crippen LogP contribution in [0.5, 0.6) is 5.75 Å². The summed E-state index contributed by atoms with van der Waals surface area (Å²) in [5.41, 5.74) is 7.26. The van der Waals surface area contributed by atoms with Crippen molar-refractivity contribution >= 4 is 0 Å². The predicted octanol–water partition coefficient (Wildman–Crippen LogP) is 2.27. The van der Waals surface area contributed by atoms with Crippen LogP contribution in [0.2, 0.25) is 0 Å². The van der Waals surface area contributed by atoms with Gasteiger partial charge in [-0.1, -0.05) is 18.2 Å². The summed E-state index contributed by atoms with van der Waals surface area (Å²) in [4.78, 5) is 4.44. The number of para-hydroxylation sites is 1. The quantitative estimate of drug-likeness (QED) is 0.663. The van der Waals surface area contributed by atoms with Crippen LogP contribution >= 0.6 is 0 Å². The number of pyridine rings is 1. The first-order valence-electron chi connectivity index (χ1n) is 6.93. The van der Waals surface area contributed by atoms with Gasteiger partial charge in [0.05, 0.1) is 18.3 Å². The molecule has 1 aromatic carbocycles. The molecule has 1 unspecified atom stereocenters. The minimum absolute atomic E-state index is 0.150. The van der Waals surface area contributed by atoms with Crippen LogP contribution in [-0.4, -0.2) is 11.6 Å². The van der Waals surface area contributed by atoms with E-state index in [2.05, 4.69) is 35.5 Å². The number of ether oxygens (including phenoxy) is 1. The molecule has 0 saturated heterocycles. The summed E-state index contributed by atoms with van der Waals surface area (Å²) in [6.45, 7) is 2.82. The number of benzene rings is 1. The third-order valence-corrected chi connectivity index (χ3v) is 3.67. The maximum absolute atomic E-state index is 5.87. The monoisotopic (exact) mass is 269 g/mol. The number of hydrogen-bond donors (Lipinski definition) is 2. The fourth-order valence-electron chi connectivity index (χ4n) is 2.69. The molecule has 104 valence electrons. The summed E-state index contributed by atoms with van der Waals surface area (Å²) >= 11 is 0. The van der Waals surface area contributed by atoms with Gasteiger partial charge in [-0.2, -0.15) is 0 Å². The maximum Gasteiger partial charge on any atom is 0.127 e. The lowest BCUT2D eigenvalue weighted by Crippen LogP contribution is -2.30. The van der Waals surface area contributed by atoms with Gasteiger partial charge in [0.2, 0.25) is 0 Å². The highest BCUT2D eigenvalue weighted by molar-refractivity contribution is 5.47. The third kappa shape index (κ3) is 2.40. The van der Waals surface area contributed by atoms with Crippen LogP contribution in [0.3, 0.4) is 0 Å². The number of hydrazine groups is 1. The Balaban J connectivity index is 2.06. The van der Waals surface area contributed by atoms with Gasteiger partial charge < -0.3 is 4.74 Å². The lowest BCUT2D eigenvalue weighted by molar-refractivity contribution is 0.283. The zero-order valence-corrected chi connectivity index (χ0v) is 11.6. The van der Waals surface area contributed by atoms with Crippen molar-refractivity contribution in [2.24, 2.45) is 5.84 Å². The van der Waals surface area contributed by atoms with Crippen molar-refractivity contribution in [3.05, 3.63) is 58.9 Å². The van der Waals surface area contributed by atoms with Crippen LogP contribution in [-0.2, 0) is 6.42 Å². The van der Waals surface area contributed by atoms with Crippen LogP contribution in [0, 0.1) is 6.92 Å². The summed E-state index contributed by atoms with van der Waals surface area (Å²) in [5, 5.41) is 0. The van der Waals surface area contributed by atoms with Gasteiger partial charge in [-0.15, -0.1) is 0 Å². The molecule has 0 spiro atoms. The molecule has 0 aliphatic carbocycles. The topological polar surface area (TPSA) is 60.2 Å². The average Bonchev–Trinajstić information content (AvgIpc) is 2.48. The molecule has 0 saturated carbocycles. The SMILES string of the molecule is Cc1ccnc(C(NN)c2cccc3c2OCCC3)c1. The van der Waals surface area contributed by atoms with Crippen molar-refractivity contribution in [1.82, 2.24) is 10.4 Å². The Bertz CT molecular complexity index is 612. The van der Waals surface area contributed by atoms with Crippen LogP contribution in [0.4, 0.5) is 0 Å². The van der Waals surface area contributed by atoms with Gasteiger partial charge in [0.15, 0.2) is 0 Å². The standard InChI is InChI=1S/C16H19N3O/c1-11-7-8-18-14(10-11)15(19-17)13-6-2-4-12-5-3-9-20-16(12)13/h2,4,6-8,10,15,19H,3,5,9,17H2,1H3. The molecule has 4 nitrogen and oxygen atoms in total. The molecule has 1 aliphatic rings. The van der Waals surface area contributed by atoms with E-state index in [1.165, 1.54) is 11.1 Å². The molecule has 20 heavy (non-hydrogen) atoms. The van der Waals surface area contributed by atoms with Gasteiger partial charge in [-0.25, -0.2) is 5.43 Å². The van der Waals surface area contributed by atoms with E-state index < -0.39 is 0 Å². The molecular formula is C16H19N3O. The van der Waals surface area contributed by atoms with Crippen LogP contribution < -0.4 is 16.0 Å². The minimum atomic E-state index is -0.150. The third-order valence-electron chi connectivity index (χ3n) is 3.67. The smallest absolute Gasteiger partial charge is 0.127 e. The molecule has 2 aromatic rings. The van der Waals surface area contributed by atoms with E-state index in [9.17, 15) is 0 Å². The molecule has 2 heterocycles. The molecule has 0 fully saturated rings. The van der Waals surface area contributed by atoms with E-state index >= 15 is 0 Å². The summed E-state index contributed by atoms with van der Waals surface area (Å²) in [7, 11) is 0. The largest absolute Gasteiger partial charge is 0.493 e. The Hall–Kier alpha value is -1.91. The normalized spacial score (nSPS) is 15.3. The zero-order chi connectivity index (χ0) is 13.9. The predicted molar refractivity (Wildman–Crippen MR) is 78.4 cm³/mol. The summed E-state index contributed by atoms with van der Waals surface area (Å²) in [5.74, 6) is 6.74. The van der Waals surface area contributed by atoms with Crippen molar-refractivity contribution in [2.45, 2.75) is 25.8 Å². The molecule has 4 heteroatoms. The zero-order valence-electron chi connectivity index (χ0n) is 11.6. The van der Waals surface area contributed by atoms with Crippen molar-refractivity contribution < 1.29 is 4.74 Å². The molecule has 1 aliphatic heterocycles. The molecule has 0 bridgehead atoms. The van der Waals surface area contributed by atoms with Gasteiger partial charge in [-0.3, -0.25) is 10.8 Å². The van der Waals surface area contributed by atoms with Gasteiger partial charge in [0.1, 0.15) is 5.75 Å². The van der Waals surface area contributed by atoms with E-state index in [4.69, 9.17) is 10.6 Å². The van der Waals surface area contributed by atoms with Crippen molar-refractivity contribution in [3.63, 3.8) is 0 Å². The van der Waals surface area contributed by atoms with Crippen molar-refractivity contribution in [2.75, 3.05) is 6.61 Å². The van der Waals surface area contributed by atoms with Gasteiger partial charge >= 0.3 is 0 Å². The molecule has 3 N–H and O–H groups in total. The maximum atomic E-state index is 5.87. The van der Waals surface area contributed by atoms with Gasteiger partial charge in [0.25, 0.3) is 0 Å². The van der Waals surface area contributed by atoms with Gasteiger partial charge in [-0.05, 0) is 43.0 Å². The average molecular weight is 269 g/mol. The van der Waals surface area contributed by atoms with E-state index in [1.807, 2.05) is 18.3 Å². The molecule has 0 amide bonds. The number of nitrogens with two attached hydrogens (primary N) is 1. The first kappa shape index (κ1) is 13.1. The Morgan fingerprint density at radius 2 is 2.25 bits per heavy atom. The summed E-state index contributed by atoms with van der Waals surface area (Å²) < 4.78 is 5.87. The number of hydrogen-bond acceptors (Lipinski definition) is 4. The highest BCUT2D eigenvalue weighted by Crippen LogP contribution is 2.34. The highest BCUT2D eigenvalue weighted by atomic mass is 16.5. The summed E-state index contributed by atoms with van der Waals surface area (Å²) in [6, 6.07) is 10.1. The van der Waals surface area contributed by atoms with Gasteiger partial charge in [0, 0.05) is 11.8 Å². The number of nitrogens with one attached hydrogen (secondary N) is 1. The van der Waals surface area contributed by atoms with E-state index in [1.54, 1.807) is 0 Å². The molecule has 0 radical (unpaired) electrons. The number of aryl methyl sites for hydroxylation is 2. The Morgan fingerprint density at radius 1 is 1.35 bits per heavy atom. The molecular weight excluding hydrogens is 250 g/mol. The van der Waals surface area contributed by atoms with Crippen molar-refractivity contribution in [3.8, 4) is 5.75 Å².